The van der Waals surface area contributed by atoms with Gasteiger partial charge in [-0.3, -0.25) is 9.59 Å². The molecule has 0 aromatic heterocycles. The Morgan fingerprint density at radius 3 is 2.61 bits per heavy atom. The Kier molecular flexibility index (Phi) is 6.41. The van der Waals surface area contributed by atoms with Crippen molar-refractivity contribution in [3.8, 4) is 11.5 Å². The van der Waals surface area contributed by atoms with Crippen LogP contribution in [0.25, 0.3) is 0 Å². The number of ether oxygens (including phenoxy) is 2. The molecule has 1 heterocycles. The molecule has 0 saturated carbocycles. The predicted octanol–water partition coefficient (Wildman–Crippen LogP) is 2.91. The SMILES string of the molecule is O=C(COc1ccc2c(c1)CCC(=O)N2)NCCc1ccc(OC(F)F)cc1. The molecule has 6 nitrogen and oxygen atoms in total. The Balaban J connectivity index is 1.39. The van der Waals surface area contributed by atoms with Crippen molar-refractivity contribution >= 4 is 17.5 Å². The fourth-order valence-electron chi connectivity index (χ4n) is 2.83. The van der Waals surface area contributed by atoms with Crippen molar-refractivity contribution in [3.05, 3.63) is 53.6 Å². The van der Waals surface area contributed by atoms with E-state index < -0.39 is 6.61 Å². The summed E-state index contributed by atoms with van der Waals surface area (Å²) in [5, 5.41) is 5.53. The summed E-state index contributed by atoms with van der Waals surface area (Å²) < 4.78 is 34.0. The normalized spacial score (nSPS) is 12.9. The highest BCUT2D eigenvalue weighted by Gasteiger charge is 2.15. The minimum Gasteiger partial charge on any atom is -0.484 e. The van der Waals surface area contributed by atoms with Gasteiger partial charge in [-0.25, -0.2) is 0 Å². The lowest BCUT2D eigenvalue weighted by molar-refractivity contribution is -0.123. The van der Waals surface area contributed by atoms with Crippen molar-refractivity contribution in [2.24, 2.45) is 0 Å². The third-order valence-corrected chi connectivity index (χ3v) is 4.23. The fraction of sp³-hybridized carbons (Fsp3) is 0.300. The zero-order valence-corrected chi connectivity index (χ0v) is 15.0. The maximum Gasteiger partial charge on any atom is 0.387 e. The summed E-state index contributed by atoms with van der Waals surface area (Å²) in [7, 11) is 0. The third kappa shape index (κ3) is 5.67. The van der Waals surface area contributed by atoms with Crippen molar-refractivity contribution in [1.82, 2.24) is 5.32 Å². The van der Waals surface area contributed by atoms with E-state index in [1.54, 1.807) is 24.3 Å². The molecule has 28 heavy (non-hydrogen) atoms. The Hall–Kier alpha value is -3.16. The Labute approximate surface area is 160 Å². The van der Waals surface area contributed by atoms with E-state index in [2.05, 4.69) is 15.4 Å². The first-order valence-electron chi connectivity index (χ1n) is 8.85. The van der Waals surface area contributed by atoms with Gasteiger partial charge in [0.1, 0.15) is 11.5 Å². The van der Waals surface area contributed by atoms with Crippen molar-refractivity contribution in [1.29, 1.82) is 0 Å². The topological polar surface area (TPSA) is 76.7 Å². The molecule has 0 bridgehead atoms. The van der Waals surface area contributed by atoms with E-state index in [0.717, 1.165) is 16.8 Å². The van der Waals surface area contributed by atoms with Crippen molar-refractivity contribution in [2.45, 2.75) is 25.9 Å². The molecule has 0 aliphatic carbocycles. The number of aryl methyl sites for hydroxylation is 1. The van der Waals surface area contributed by atoms with Gasteiger partial charge in [0.05, 0.1) is 0 Å². The quantitative estimate of drug-likeness (QED) is 0.727. The molecule has 1 aliphatic heterocycles. The largest absolute Gasteiger partial charge is 0.484 e. The molecule has 148 valence electrons. The van der Waals surface area contributed by atoms with E-state index >= 15 is 0 Å². The Morgan fingerprint density at radius 2 is 1.86 bits per heavy atom. The van der Waals surface area contributed by atoms with Gasteiger partial charge in [0.2, 0.25) is 5.91 Å². The molecule has 2 amide bonds. The summed E-state index contributed by atoms with van der Waals surface area (Å²) in [5.74, 6) is 0.404. The second-order valence-electron chi connectivity index (χ2n) is 6.28. The molecule has 0 radical (unpaired) electrons. The van der Waals surface area contributed by atoms with Crippen molar-refractivity contribution < 1.29 is 27.8 Å². The predicted molar refractivity (Wildman–Crippen MR) is 98.7 cm³/mol. The minimum atomic E-state index is -2.85. The molecule has 0 spiro atoms. The van der Waals surface area contributed by atoms with E-state index in [1.165, 1.54) is 12.1 Å². The van der Waals surface area contributed by atoms with Crippen LogP contribution in [0.3, 0.4) is 0 Å². The average molecular weight is 390 g/mol. The summed E-state index contributed by atoms with van der Waals surface area (Å²) in [5.41, 5.74) is 2.65. The zero-order valence-electron chi connectivity index (χ0n) is 15.0. The van der Waals surface area contributed by atoms with Gasteiger partial charge in [-0.2, -0.15) is 8.78 Å². The molecule has 2 aromatic rings. The number of rotatable bonds is 8. The molecule has 0 atom stereocenters. The van der Waals surface area contributed by atoms with E-state index in [1.807, 2.05) is 6.07 Å². The van der Waals surface area contributed by atoms with Crippen LogP contribution in [0.4, 0.5) is 14.5 Å². The van der Waals surface area contributed by atoms with E-state index in [-0.39, 0.29) is 24.2 Å². The number of amides is 2. The van der Waals surface area contributed by atoms with Gasteiger partial charge in [0.25, 0.3) is 5.91 Å². The molecule has 0 fully saturated rings. The molecular formula is C20H20F2N2O4. The standard InChI is InChI=1S/C20H20F2N2O4/c21-20(22)28-15-4-1-13(2-5-15)9-10-23-19(26)12-27-16-6-7-17-14(11-16)3-8-18(25)24-17/h1-2,4-7,11,20H,3,8-10,12H2,(H,23,26)(H,24,25). The molecule has 2 N–H and O–H groups in total. The summed E-state index contributed by atoms with van der Waals surface area (Å²) in [6.45, 7) is -2.57. The Morgan fingerprint density at radius 1 is 1.11 bits per heavy atom. The lowest BCUT2D eigenvalue weighted by Gasteiger charge is -2.17. The van der Waals surface area contributed by atoms with Crippen molar-refractivity contribution in [3.63, 3.8) is 0 Å². The number of carbonyl (C=O) groups excluding carboxylic acids is 2. The van der Waals surface area contributed by atoms with Crippen LogP contribution in [-0.4, -0.2) is 31.6 Å². The van der Waals surface area contributed by atoms with Crippen LogP contribution < -0.4 is 20.1 Å². The summed E-state index contributed by atoms with van der Waals surface area (Å²) in [6, 6.07) is 11.6. The minimum absolute atomic E-state index is 0.00302. The van der Waals surface area contributed by atoms with Crippen LogP contribution in [0.5, 0.6) is 11.5 Å². The molecule has 0 saturated heterocycles. The number of alkyl halides is 2. The zero-order chi connectivity index (χ0) is 19.9. The lowest BCUT2D eigenvalue weighted by Crippen LogP contribution is -2.30. The number of carbonyl (C=O) groups is 2. The first kappa shape index (κ1) is 19.6. The summed E-state index contributed by atoms with van der Waals surface area (Å²) in [4.78, 5) is 23.3. The van der Waals surface area contributed by atoms with Gasteiger partial charge in [-0.15, -0.1) is 0 Å². The van der Waals surface area contributed by atoms with E-state index in [0.29, 0.717) is 31.6 Å². The molecule has 3 rings (SSSR count). The average Bonchev–Trinajstić information content (AvgIpc) is 2.67. The molecule has 0 unspecified atom stereocenters. The highest BCUT2D eigenvalue weighted by Crippen LogP contribution is 2.26. The van der Waals surface area contributed by atoms with Gasteiger partial charge >= 0.3 is 6.61 Å². The maximum atomic E-state index is 12.1. The maximum absolute atomic E-state index is 12.1. The molecular weight excluding hydrogens is 370 g/mol. The van der Waals surface area contributed by atoms with Crippen molar-refractivity contribution in [2.75, 3.05) is 18.5 Å². The van der Waals surface area contributed by atoms with Gasteiger partial charge in [-0.1, -0.05) is 12.1 Å². The number of fused-ring (bicyclic) bond motifs is 1. The number of hydrogen-bond donors (Lipinski definition) is 2. The second kappa shape index (κ2) is 9.16. The number of anilines is 1. The summed E-state index contributed by atoms with van der Waals surface area (Å²) in [6.07, 6.45) is 1.64. The number of halogens is 2. The Bertz CT molecular complexity index is 841. The van der Waals surface area contributed by atoms with Crippen LogP contribution in [-0.2, 0) is 22.4 Å². The number of benzene rings is 2. The van der Waals surface area contributed by atoms with Gasteiger partial charge in [-0.05, 0) is 54.3 Å². The fourth-order valence-corrected chi connectivity index (χ4v) is 2.83. The third-order valence-electron chi connectivity index (χ3n) is 4.23. The first-order chi connectivity index (χ1) is 13.5. The molecule has 8 heteroatoms. The van der Waals surface area contributed by atoms with Gasteiger partial charge < -0.3 is 20.1 Å². The van der Waals surface area contributed by atoms with E-state index in [4.69, 9.17) is 4.74 Å². The lowest BCUT2D eigenvalue weighted by atomic mass is 10.0. The highest BCUT2D eigenvalue weighted by atomic mass is 19.3. The number of hydrogen-bond acceptors (Lipinski definition) is 4. The van der Waals surface area contributed by atoms with Gasteiger partial charge in [0, 0.05) is 18.7 Å². The second-order valence-corrected chi connectivity index (χ2v) is 6.28. The number of nitrogens with one attached hydrogen (secondary N) is 2. The van der Waals surface area contributed by atoms with Crippen LogP contribution in [0, 0.1) is 0 Å². The monoisotopic (exact) mass is 390 g/mol. The van der Waals surface area contributed by atoms with Crippen LogP contribution in [0.15, 0.2) is 42.5 Å². The van der Waals surface area contributed by atoms with Crippen LogP contribution in [0.1, 0.15) is 17.5 Å². The van der Waals surface area contributed by atoms with Gasteiger partial charge in [0.15, 0.2) is 6.61 Å². The van der Waals surface area contributed by atoms with Crippen LogP contribution in [0.2, 0.25) is 0 Å². The smallest absolute Gasteiger partial charge is 0.387 e. The molecule has 2 aromatic carbocycles. The molecule has 1 aliphatic rings. The van der Waals surface area contributed by atoms with Crippen LogP contribution >= 0.6 is 0 Å². The first-order valence-corrected chi connectivity index (χ1v) is 8.85. The van der Waals surface area contributed by atoms with E-state index in [9.17, 15) is 18.4 Å². The highest BCUT2D eigenvalue weighted by molar-refractivity contribution is 5.94. The summed E-state index contributed by atoms with van der Waals surface area (Å²) >= 11 is 0.